The van der Waals surface area contributed by atoms with Crippen molar-refractivity contribution in [2.24, 2.45) is 5.41 Å². The molecule has 96 valence electrons. The van der Waals surface area contributed by atoms with Gasteiger partial charge >= 0.3 is 0 Å². The second-order valence-corrected chi connectivity index (χ2v) is 6.25. The summed E-state index contributed by atoms with van der Waals surface area (Å²) in [6, 6.07) is 12.6. The lowest BCUT2D eigenvalue weighted by molar-refractivity contribution is 0.407. The van der Waals surface area contributed by atoms with Crippen LogP contribution in [0.2, 0.25) is 0 Å². The summed E-state index contributed by atoms with van der Waals surface area (Å²) in [5.41, 5.74) is 3.40. The number of pyridine rings is 2. The molecule has 0 N–H and O–H groups in total. The van der Waals surface area contributed by atoms with Crippen molar-refractivity contribution in [2.45, 2.75) is 27.2 Å². The van der Waals surface area contributed by atoms with E-state index in [4.69, 9.17) is 4.98 Å². The minimum atomic E-state index is 0.249. The zero-order valence-corrected chi connectivity index (χ0v) is 11.6. The molecule has 0 radical (unpaired) electrons. The second-order valence-electron chi connectivity index (χ2n) is 6.25. The highest BCUT2D eigenvalue weighted by Crippen LogP contribution is 2.25. The van der Waals surface area contributed by atoms with Crippen LogP contribution in [0.5, 0.6) is 0 Å². The number of rotatable bonds is 1. The van der Waals surface area contributed by atoms with E-state index in [0.717, 1.165) is 33.9 Å². The number of fused-ring (bicyclic) bond motifs is 3. The van der Waals surface area contributed by atoms with Gasteiger partial charge in [-0.15, -0.1) is 0 Å². The third-order valence-electron chi connectivity index (χ3n) is 3.20. The second kappa shape index (κ2) is 4.30. The topological polar surface area (TPSA) is 25.8 Å². The van der Waals surface area contributed by atoms with Crippen LogP contribution in [0.3, 0.4) is 0 Å². The summed E-state index contributed by atoms with van der Waals surface area (Å²) in [7, 11) is 0. The predicted molar refractivity (Wildman–Crippen MR) is 80.2 cm³/mol. The molecule has 0 amide bonds. The molecule has 0 fully saturated rings. The largest absolute Gasteiger partial charge is 0.254 e. The van der Waals surface area contributed by atoms with Crippen molar-refractivity contribution in [2.75, 3.05) is 0 Å². The highest BCUT2D eigenvalue weighted by atomic mass is 14.7. The molecule has 0 spiro atoms. The molecule has 1 aromatic carbocycles. The molecule has 0 aliphatic rings. The highest BCUT2D eigenvalue weighted by molar-refractivity contribution is 6.02. The van der Waals surface area contributed by atoms with Gasteiger partial charge in [0.05, 0.1) is 11.0 Å². The summed E-state index contributed by atoms with van der Waals surface area (Å²) in [6.07, 6.45) is 2.81. The van der Waals surface area contributed by atoms with Gasteiger partial charge in [-0.25, -0.2) is 0 Å². The fourth-order valence-electron chi connectivity index (χ4n) is 2.41. The molecule has 3 aromatic rings. The van der Waals surface area contributed by atoms with Crippen molar-refractivity contribution in [3.63, 3.8) is 0 Å². The van der Waals surface area contributed by atoms with E-state index in [1.165, 1.54) is 0 Å². The first-order valence-electron chi connectivity index (χ1n) is 6.66. The first kappa shape index (κ1) is 12.1. The van der Waals surface area contributed by atoms with Gasteiger partial charge < -0.3 is 0 Å². The predicted octanol–water partition coefficient (Wildman–Crippen LogP) is 4.37. The fourth-order valence-corrected chi connectivity index (χ4v) is 2.41. The number of hydrogen-bond donors (Lipinski definition) is 0. The van der Waals surface area contributed by atoms with Crippen LogP contribution in [0.4, 0.5) is 0 Å². The van der Waals surface area contributed by atoms with Gasteiger partial charge in [-0.3, -0.25) is 9.97 Å². The van der Waals surface area contributed by atoms with E-state index in [0.29, 0.717) is 0 Å². The van der Waals surface area contributed by atoms with Gasteiger partial charge in [-0.05, 0) is 24.0 Å². The summed E-state index contributed by atoms with van der Waals surface area (Å²) < 4.78 is 0. The molecular formula is C17H18N2. The van der Waals surface area contributed by atoms with E-state index in [1.54, 1.807) is 0 Å². The number of nitrogens with zero attached hydrogens (tertiary/aromatic N) is 2. The van der Waals surface area contributed by atoms with E-state index < -0.39 is 0 Å². The van der Waals surface area contributed by atoms with E-state index in [2.05, 4.69) is 56.1 Å². The van der Waals surface area contributed by atoms with Crippen molar-refractivity contribution >= 4 is 21.8 Å². The molecule has 0 saturated heterocycles. The van der Waals surface area contributed by atoms with Crippen LogP contribution >= 0.6 is 0 Å². The Morgan fingerprint density at radius 2 is 1.58 bits per heavy atom. The lowest BCUT2D eigenvalue weighted by atomic mass is 9.90. The molecule has 2 nitrogen and oxygen atoms in total. The Balaban J connectivity index is 2.22. The van der Waals surface area contributed by atoms with Crippen LogP contribution in [0.1, 0.15) is 26.5 Å². The first-order chi connectivity index (χ1) is 9.03. The molecule has 0 saturated carbocycles. The number of hydrogen-bond acceptors (Lipinski definition) is 2. The van der Waals surface area contributed by atoms with E-state index in [9.17, 15) is 0 Å². The molecule has 0 aliphatic carbocycles. The van der Waals surface area contributed by atoms with Gasteiger partial charge in [0.15, 0.2) is 0 Å². The smallest absolute Gasteiger partial charge is 0.0967 e. The van der Waals surface area contributed by atoms with Crippen LogP contribution in [0.25, 0.3) is 21.8 Å². The lowest BCUT2D eigenvalue weighted by Gasteiger charge is -2.17. The molecule has 19 heavy (non-hydrogen) atoms. The quantitative estimate of drug-likeness (QED) is 0.599. The molecule has 0 atom stereocenters. The molecule has 0 unspecified atom stereocenters. The normalized spacial score (nSPS) is 12.2. The molecule has 0 aliphatic heterocycles. The maximum atomic E-state index is 4.83. The third-order valence-corrected chi connectivity index (χ3v) is 3.20. The fraction of sp³-hybridized carbons (Fsp3) is 0.294. The Morgan fingerprint density at radius 3 is 2.32 bits per heavy atom. The van der Waals surface area contributed by atoms with Crippen molar-refractivity contribution < 1.29 is 0 Å². The maximum Gasteiger partial charge on any atom is 0.0967 e. The van der Waals surface area contributed by atoms with Gasteiger partial charge in [0.25, 0.3) is 0 Å². The van der Waals surface area contributed by atoms with Crippen LogP contribution in [0, 0.1) is 5.41 Å². The van der Waals surface area contributed by atoms with Gasteiger partial charge in [0, 0.05) is 22.7 Å². The molecular weight excluding hydrogens is 232 g/mol. The van der Waals surface area contributed by atoms with Gasteiger partial charge in [0.1, 0.15) is 0 Å². The molecule has 2 aromatic heterocycles. The first-order valence-corrected chi connectivity index (χ1v) is 6.66. The van der Waals surface area contributed by atoms with Crippen LogP contribution in [-0.4, -0.2) is 9.97 Å². The van der Waals surface area contributed by atoms with Crippen molar-refractivity contribution in [1.82, 2.24) is 9.97 Å². The van der Waals surface area contributed by atoms with Gasteiger partial charge in [0.2, 0.25) is 0 Å². The summed E-state index contributed by atoms with van der Waals surface area (Å²) in [6.45, 7) is 6.71. The monoisotopic (exact) mass is 250 g/mol. The van der Waals surface area contributed by atoms with E-state index in [-0.39, 0.29) is 5.41 Å². The highest BCUT2D eigenvalue weighted by Gasteiger charge is 2.13. The van der Waals surface area contributed by atoms with Crippen LogP contribution in [-0.2, 0) is 6.42 Å². The Morgan fingerprint density at radius 1 is 0.895 bits per heavy atom. The Hall–Kier alpha value is -1.96. The standard InChI is InChI=1S/C17H18N2/c1-17(2,3)11-14-9-8-13-7-6-12-5-4-10-18-15(12)16(13)19-14/h4-10H,11H2,1-3H3. The third kappa shape index (κ3) is 2.43. The van der Waals surface area contributed by atoms with Crippen LogP contribution in [0.15, 0.2) is 42.6 Å². The maximum absolute atomic E-state index is 4.83. The lowest BCUT2D eigenvalue weighted by Crippen LogP contribution is -2.10. The van der Waals surface area contributed by atoms with Gasteiger partial charge in [-0.1, -0.05) is 45.0 Å². The summed E-state index contributed by atoms with van der Waals surface area (Å²) in [5.74, 6) is 0. The Labute approximate surface area is 113 Å². The Bertz CT molecular complexity index is 739. The van der Waals surface area contributed by atoms with Gasteiger partial charge in [-0.2, -0.15) is 0 Å². The van der Waals surface area contributed by atoms with Crippen molar-refractivity contribution in [3.05, 3.63) is 48.3 Å². The SMILES string of the molecule is CC(C)(C)Cc1ccc2ccc3cccnc3c2n1. The molecule has 0 bridgehead atoms. The minimum absolute atomic E-state index is 0.249. The summed E-state index contributed by atoms with van der Waals surface area (Å²) in [4.78, 5) is 9.31. The molecule has 3 rings (SSSR count). The average molecular weight is 250 g/mol. The summed E-state index contributed by atoms with van der Waals surface area (Å²) in [5, 5.41) is 2.30. The van der Waals surface area contributed by atoms with Crippen molar-refractivity contribution in [1.29, 1.82) is 0 Å². The average Bonchev–Trinajstić information content (AvgIpc) is 2.37. The number of aromatic nitrogens is 2. The zero-order valence-electron chi connectivity index (χ0n) is 11.6. The minimum Gasteiger partial charge on any atom is -0.254 e. The molecule has 2 heterocycles. The summed E-state index contributed by atoms with van der Waals surface area (Å²) >= 11 is 0. The zero-order chi connectivity index (χ0) is 13.5. The van der Waals surface area contributed by atoms with Crippen LogP contribution < -0.4 is 0 Å². The Kier molecular flexibility index (Phi) is 2.74. The van der Waals surface area contributed by atoms with E-state index in [1.807, 2.05) is 12.3 Å². The number of benzene rings is 1. The molecule has 2 heteroatoms. The van der Waals surface area contributed by atoms with Crippen molar-refractivity contribution in [3.8, 4) is 0 Å². The van der Waals surface area contributed by atoms with E-state index >= 15 is 0 Å².